The lowest BCUT2D eigenvalue weighted by Crippen LogP contribution is -2.36. The van der Waals surface area contributed by atoms with Gasteiger partial charge in [0.2, 0.25) is 0 Å². The molecule has 1 aliphatic rings. The molecule has 0 aromatic carbocycles. The van der Waals surface area contributed by atoms with Gasteiger partial charge in [-0.05, 0) is 65.2 Å². The van der Waals surface area contributed by atoms with E-state index in [2.05, 4.69) is 23.6 Å². The Morgan fingerprint density at radius 3 is 2.94 bits per heavy atom. The van der Waals surface area contributed by atoms with Crippen LogP contribution in [0, 0.1) is 19.8 Å². The van der Waals surface area contributed by atoms with Gasteiger partial charge in [-0.1, -0.05) is 0 Å². The number of aryl methyl sites for hydroxylation is 2. The van der Waals surface area contributed by atoms with Crippen molar-refractivity contribution in [2.24, 2.45) is 5.92 Å². The predicted octanol–water partition coefficient (Wildman–Crippen LogP) is 2.55. The summed E-state index contributed by atoms with van der Waals surface area (Å²) in [5.74, 6) is 2.83. The summed E-state index contributed by atoms with van der Waals surface area (Å²) in [6.07, 6.45) is 2.65. The van der Waals surface area contributed by atoms with E-state index in [0.717, 1.165) is 30.5 Å². The average molecular weight is 236 g/mol. The first-order valence-corrected chi connectivity index (χ1v) is 6.68. The molecule has 1 saturated heterocycles. The van der Waals surface area contributed by atoms with E-state index < -0.39 is 0 Å². The average Bonchev–Trinajstić information content (AvgIpc) is 2.67. The van der Waals surface area contributed by atoms with Crippen molar-refractivity contribution in [3.05, 3.63) is 23.2 Å². The van der Waals surface area contributed by atoms with E-state index in [-0.39, 0.29) is 0 Å². The van der Waals surface area contributed by atoms with E-state index in [9.17, 15) is 0 Å². The Hall–Kier alpha value is -0.800. The van der Waals surface area contributed by atoms with Gasteiger partial charge in [0.15, 0.2) is 0 Å². The summed E-state index contributed by atoms with van der Waals surface area (Å²) in [6.45, 7) is 9.71. The fourth-order valence-corrected chi connectivity index (χ4v) is 2.63. The van der Waals surface area contributed by atoms with Gasteiger partial charge in [0.25, 0.3) is 0 Å². The molecule has 0 amide bonds. The van der Waals surface area contributed by atoms with Crippen LogP contribution in [0.5, 0.6) is 0 Å². The van der Waals surface area contributed by atoms with Crippen LogP contribution in [0.4, 0.5) is 0 Å². The van der Waals surface area contributed by atoms with Crippen LogP contribution in [0.25, 0.3) is 0 Å². The van der Waals surface area contributed by atoms with Crippen LogP contribution in [-0.2, 0) is 0 Å². The van der Waals surface area contributed by atoms with Crippen molar-refractivity contribution in [2.45, 2.75) is 39.7 Å². The Kier molecular flexibility index (Phi) is 4.24. The molecule has 17 heavy (non-hydrogen) atoms. The van der Waals surface area contributed by atoms with Crippen molar-refractivity contribution in [3.8, 4) is 0 Å². The van der Waals surface area contributed by atoms with E-state index in [4.69, 9.17) is 4.42 Å². The maximum absolute atomic E-state index is 5.58. The third kappa shape index (κ3) is 3.33. The van der Waals surface area contributed by atoms with Gasteiger partial charge in [0, 0.05) is 11.6 Å². The lowest BCUT2D eigenvalue weighted by Gasteiger charge is -2.24. The molecule has 0 saturated carbocycles. The standard InChI is InChI=1S/C14H24N2O/c1-10-7-14(12(3)17-10)11(2)16-9-13-5-4-6-15-8-13/h7,11,13,15-16H,4-6,8-9H2,1-3H3. The minimum absolute atomic E-state index is 0.384. The topological polar surface area (TPSA) is 37.2 Å². The molecule has 2 unspecified atom stereocenters. The fraction of sp³-hybridized carbons (Fsp3) is 0.714. The first-order chi connectivity index (χ1) is 8.16. The first kappa shape index (κ1) is 12.7. The molecule has 96 valence electrons. The quantitative estimate of drug-likeness (QED) is 0.843. The van der Waals surface area contributed by atoms with Gasteiger partial charge >= 0.3 is 0 Å². The van der Waals surface area contributed by atoms with Gasteiger partial charge in [-0.2, -0.15) is 0 Å². The summed E-state index contributed by atoms with van der Waals surface area (Å²) in [6, 6.07) is 2.53. The molecule has 2 rings (SSSR count). The first-order valence-electron chi connectivity index (χ1n) is 6.68. The number of nitrogens with one attached hydrogen (secondary N) is 2. The zero-order chi connectivity index (χ0) is 12.3. The summed E-state index contributed by atoms with van der Waals surface area (Å²) in [5.41, 5.74) is 1.30. The molecule has 1 aliphatic heterocycles. The predicted molar refractivity (Wildman–Crippen MR) is 70.2 cm³/mol. The normalized spacial score (nSPS) is 22.6. The molecule has 3 heteroatoms. The van der Waals surface area contributed by atoms with Crippen LogP contribution in [0.15, 0.2) is 10.5 Å². The molecular weight excluding hydrogens is 212 g/mol. The van der Waals surface area contributed by atoms with E-state index >= 15 is 0 Å². The number of piperidine rings is 1. The highest BCUT2D eigenvalue weighted by molar-refractivity contribution is 5.23. The van der Waals surface area contributed by atoms with Crippen LogP contribution >= 0.6 is 0 Å². The van der Waals surface area contributed by atoms with Crippen LogP contribution in [0.1, 0.15) is 42.9 Å². The largest absolute Gasteiger partial charge is 0.466 e. The van der Waals surface area contributed by atoms with E-state index in [1.165, 1.54) is 24.9 Å². The van der Waals surface area contributed by atoms with E-state index in [1.807, 2.05) is 13.8 Å². The zero-order valence-corrected chi connectivity index (χ0v) is 11.2. The van der Waals surface area contributed by atoms with Crippen LogP contribution in [0.2, 0.25) is 0 Å². The molecule has 0 bridgehead atoms. The van der Waals surface area contributed by atoms with Gasteiger partial charge in [-0.3, -0.25) is 0 Å². The number of hydrogen-bond acceptors (Lipinski definition) is 3. The molecule has 3 nitrogen and oxygen atoms in total. The van der Waals surface area contributed by atoms with E-state index in [0.29, 0.717) is 6.04 Å². The summed E-state index contributed by atoms with van der Waals surface area (Å²) in [7, 11) is 0. The van der Waals surface area contributed by atoms with Gasteiger partial charge in [0.1, 0.15) is 11.5 Å². The molecule has 2 heterocycles. The summed E-state index contributed by atoms with van der Waals surface area (Å²) in [5, 5.41) is 7.08. The summed E-state index contributed by atoms with van der Waals surface area (Å²) in [4.78, 5) is 0. The smallest absolute Gasteiger partial charge is 0.105 e. The lowest BCUT2D eigenvalue weighted by atomic mass is 9.99. The second-order valence-electron chi connectivity index (χ2n) is 5.21. The summed E-state index contributed by atoms with van der Waals surface area (Å²) >= 11 is 0. The Morgan fingerprint density at radius 1 is 1.53 bits per heavy atom. The third-order valence-electron chi connectivity index (χ3n) is 3.66. The van der Waals surface area contributed by atoms with E-state index in [1.54, 1.807) is 0 Å². The van der Waals surface area contributed by atoms with Gasteiger partial charge in [0.05, 0.1) is 0 Å². The Labute approximate surface area is 104 Å². The number of furan rings is 1. The molecule has 1 aromatic rings. The van der Waals surface area contributed by atoms with Crippen molar-refractivity contribution in [1.82, 2.24) is 10.6 Å². The Bertz CT molecular complexity index is 353. The van der Waals surface area contributed by atoms with Crippen molar-refractivity contribution in [3.63, 3.8) is 0 Å². The van der Waals surface area contributed by atoms with Crippen molar-refractivity contribution >= 4 is 0 Å². The van der Waals surface area contributed by atoms with Gasteiger partial charge < -0.3 is 15.1 Å². The van der Waals surface area contributed by atoms with Crippen LogP contribution in [-0.4, -0.2) is 19.6 Å². The summed E-state index contributed by atoms with van der Waals surface area (Å²) < 4.78 is 5.58. The highest BCUT2D eigenvalue weighted by atomic mass is 16.3. The molecule has 2 atom stereocenters. The van der Waals surface area contributed by atoms with Crippen molar-refractivity contribution in [2.75, 3.05) is 19.6 Å². The highest BCUT2D eigenvalue weighted by Gasteiger charge is 2.16. The molecular formula is C14H24N2O. The van der Waals surface area contributed by atoms with Crippen LogP contribution < -0.4 is 10.6 Å². The third-order valence-corrected chi connectivity index (χ3v) is 3.66. The van der Waals surface area contributed by atoms with Gasteiger partial charge in [-0.15, -0.1) is 0 Å². The number of hydrogen-bond donors (Lipinski definition) is 2. The number of rotatable bonds is 4. The maximum atomic E-state index is 5.58. The molecule has 0 radical (unpaired) electrons. The molecule has 1 aromatic heterocycles. The Morgan fingerprint density at radius 2 is 2.35 bits per heavy atom. The maximum Gasteiger partial charge on any atom is 0.105 e. The minimum atomic E-state index is 0.384. The van der Waals surface area contributed by atoms with Gasteiger partial charge in [-0.25, -0.2) is 0 Å². The Balaban J connectivity index is 1.84. The SMILES string of the molecule is Cc1cc(C(C)NCC2CCCNC2)c(C)o1. The molecule has 2 N–H and O–H groups in total. The fourth-order valence-electron chi connectivity index (χ4n) is 2.63. The molecule has 1 fully saturated rings. The lowest BCUT2D eigenvalue weighted by molar-refractivity contribution is 0.347. The second-order valence-corrected chi connectivity index (χ2v) is 5.21. The monoisotopic (exact) mass is 236 g/mol. The highest BCUT2D eigenvalue weighted by Crippen LogP contribution is 2.21. The minimum Gasteiger partial charge on any atom is -0.466 e. The van der Waals surface area contributed by atoms with Crippen LogP contribution in [0.3, 0.4) is 0 Å². The molecule has 0 aliphatic carbocycles. The molecule has 0 spiro atoms. The second kappa shape index (κ2) is 5.69. The van der Waals surface area contributed by atoms with Crippen molar-refractivity contribution in [1.29, 1.82) is 0 Å². The zero-order valence-electron chi connectivity index (χ0n) is 11.2. The van der Waals surface area contributed by atoms with Crippen molar-refractivity contribution < 1.29 is 4.42 Å².